The van der Waals surface area contributed by atoms with Crippen molar-refractivity contribution in [1.82, 2.24) is 14.8 Å². The number of aromatic nitrogens is 3. The molecule has 21 heavy (non-hydrogen) atoms. The molecule has 2 aromatic carbocycles. The minimum Gasteiger partial charge on any atom is -0.321 e. The molecule has 0 bridgehead atoms. The zero-order valence-electron chi connectivity index (χ0n) is 11.8. The molecule has 0 amide bonds. The van der Waals surface area contributed by atoms with Crippen LogP contribution in [0.3, 0.4) is 0 Å². The Labute approximate surface area is 124 Å². The molecular formula is C17H18N4. The molecular weight excluding hydrogens is 260 g/mol. The number of aryl methyl sites for hydroxylation is 1. The zero-order chi connectivity index (χ0) is 14.5. The Kier molecular flexibility index (Phi) is 4.07. The van der Waals surface area contributed by atoms with Crippen LogP contribution in [0.15, 0.2) is 67.0 Å². The van der Waals surface area contributed by atoms with E-state index in [0.717, 1.165) is 24.4 Å². The summed E-state index contributed by atoms with van der Waals surface area (Å²) in [5, 5.41) is 8.20. The van der Waals surface area contributed by atoms with Crippen molar-refractivity contribution in [2.75, 3.05) is 0 Å². The topological polar surface area (TPSA) is 56.7 Å². The number of benzene rings is 2. The fourth-order valence-electron chi connectivity index (χ4n) is 2.38. The van der Waals surface area contributed by atoms with Gasteiger partial charge < -0.3 is 5.73 Å². The number of nitrogens with zero attached hydrogens (tertiary/aromatic N) is 3. The standard InChI is InChI=1S/C17H18N4/c18-16(12-11-14-7-3-1-4-8-14)17-20-19-13-21(17)15-9-5-2-6-10-15/h1-10,13,16H,11-12,18H2. The summed E-state index contributed by atoms with van der Waals surface area (Å²) in [7, 11) is 0. The number of hydrogen-bond donors (Lipinski definition) is 1. The van der Waals surface area contributed by atoms with E-state index < -0.39 is 0 Å². The molecule has 4 heteroatoms. The second kappa shape index (κ2) is 6.33. The number of para-hydroxylation sites is 1. The maximum absolute atomic E-state index is 6.30. The first-order chi connectivity index (χ1) is 10.3. The van der Waals surface area contributed by atoms with Crippen molar-refractivity contribution in [2.24, 2.45) is 5.73 Å². The molecule has 106 valence electrons. The summed E-state index contributed by atoms with van der Waals surface area (Å²) < 4.78 is 1.95. The lowest BCUT2D eigenvalue weighted by Crippen LogP contribution is -2.16. The van der Waals surface area contributed by atoms with Gasteiger partial charge in [0.1, 0.15) is 6.33 Å². The lowest BCUT2D eigenvalue weighted by atomic mass is 10.1. The van der Waals surface area contributed by atoms with Gasteiger partial charge in [-0.15, -0.1) is 10.2 Å². The summed E-state index contributed by atoms with van der Waals surface area (Å²) in [5.74, 6) is 0.803. The summed E-state index contributed by atoms with van der Waals surface area (Å²) in [5.41, 5.74) is 8.63. The van der Waals surface area contributed by atoms with E-state index in [0.29, 0.717) is 0 Å². The van der Waals surface area contributed by atoms with Gasteiger partial charge >= 0.3 is 0 Å². The molecule has 1 unspecified atom stereocenters. The van der Waals surface area contributed by atoms with Gasteiger partial charge in [-0.05, 0) is 30.5 Å². The second-order valence-electron chi connectivity index (χ2n) is 5.03. The molecule has 1 heterocycles. The highest BCUT2D eigenvalue weighted by atomic mass is 15.3. The van der Waals surface area contributed by atoms with Crippen LogP contribution in [0.1, 0.15) is 23.9 Å². The Morgan fingerprint density at radius 1 is 0.952 bits per heavy atom. The fraction of sp³-hybridized carbons (Fsp3) is 0.176. The van der Waals surface area contributed by atoms with E-state index in [2.05, 4.69) is 22.3 Å². The highest BCUT2D eigenvalue weighted by molar-refractivity contribution is 5.32. The minimum atomic E-state index is -0.132. The Bertz CT molecular complexity index is 676. The molecule has 0 spiro atoms. The molecule has 1 aromatic heterocycles. The Morgan fingerprint density at radius 3 is 2.33 bits per heavy atom. The molecule has 0 aliphatic rings. The van der Waals surface area contributed by atoms with Gasteiger partial charge in [0.25, 0.3) is 0 Å². The number of nitrogens with two attached hydrogens (primary N) is 1. The van der Waals surface area contributed by atoms with Crippen LogP contribution >= 0.6 is 0 Å². The minimum absolute atomic E-state index is 0.132. The normalized spacial score (nSPS) is 12.2. The van der Waals surface area contributed by atoms with Gasteiger partial charge in [0.05, 0.1) is 6.04 Å². The van der Waals surface area contributed by atoms with Crippen LogP contribution < -0.4 is 5.73 Å². The van der Waals surface area contributed by atoms with E-state index in [1.165, 1.54) is 5.56 Å². The van der Waals surface area contributed by atoms with Crippen LogP contribution in [-0.2, 0) is 6.42 Å². The first-order valence-corrected chi connectivity index (χ1v) is 7.09. The predicted molar refractivity (Wildman–Crippen MR) is 83.1 cm³/mol. The van der Waals surface area contributed by atoms with E-state index in [4.69, 9.17) is 5.73 Å². The van der Waals surface area contributed by atoms with Crippen molar-refractivity contribution < 1.29 is 0 Å². The van der Waals surface area contributed by atoms with Crippen molar-refractivity contribution in [3.8, 4) is 5.69 Å². The van der Waals surface area contributed by atoms with Gasteiger partial charge in [0, 0.05) is 5.69 Å². The molecule has 2 N–H and O–H groups in total. The van der Waals surface area contributed by atoms with E-state index in [-0.39, 0.29) is 6.04 Å². The maximum atomic E-state index is 6.30. The zero-order valence-corrected chi connectivity index (χ0v) is 11.8. The van der Waals surface area contributed by atoms with Gasteiger partial charge in [-0.3, -0.25) is 4.57 Å². The average Bonchev–Trinajstić information content (AvgIpc) is 3.04. The van der Waals surface area contributed by atoms with Crippen molar-refractivity contribution in [3.05, 3.63) is 78.4 Å². The molecule has 0 radical (unpaired) electrons. The van der Waals surface area contributed by atoms with Crippen LogP contribution in [0.25, 0.3) is 5.69 Å². The van der Waals surface area contributed by atoms with E-state index in [1.807, 2.05) is 53.1 Å². The highest BCUT2D eigenvalue weighted by Crippen LogP contribution is 2.18. The van der Waals surface area contributed by atoms with Crippen LogP contribution in [0, 0.1) is 0 Å². The smallest absolute Gasteiger partial charge is 0.154 e. The number of rotatable bonds is 5. The third-order valence-corrected chi connectivity index (χ3v) is 3.53. The second-order valence-corrected chi connectivity index (χ2v) is 5.03. The van der Waals surface area contributed by atoms with Crippen molar-refractivity contribution >= 4 is 0 Å². The molecule has 0 saturated heterocycles. The summed E-state index contributed by atoms with van der Waals surface area (Å²) in [6.45, 7) is 0. The van der Waals surface area contributed by atoms with Gasteiger partial charge in [-0.2, -0.15) is 0 Å². The lowest BCUT2D eigenvalue weighted by Gasteiger charge is -2.13. The van der Waals surface area contributed by atoms with Crippen LogP contribution in [0.5, 0.6) is 0 Å². The molecule has 4 nitrogen and oxygen atoms in total. The predicted octanol–water partition coefficient (Wildman–Crippen LogP) is 2.90. The Morgan fingerprint density at radius 2 is 1.62 bits per heavy atom. The highest BCUT2D eigenvalue weighted by Gasteiger charge is 2.14. The van der Waals surface area contributed by atoms with Crippen LogP contribution in [-0.4, -0.2) is 14.8 Å². The van der Waals surface area contributed by atoms with Crippen LogP contribution in [0.2, 0.25) is 0 Å². The summed E-state index contributed by atoms with van der Waals surface area (Å²) in [4.78, 5) is 0. The Balaban J connectivity index is 1.74. The molecule has 1 atom stereocenters. The summed E-state index contributed by atoms with van der Waals surface area (Å²) in [6.07, 6.45) is 3.49. The van der Waals surface area contributed by atoms with Gasteiger partial charge in [0.15, 0.2) is 5.82 Å². The van der Waals surface area contributed by atoms with Gasteiger partial charge in [0.2, 0.25) is 0 Å². The maximum Gasteiger partial charge on any atom is 0.154 e. The largest absolute Gasteiger partial charge is 0.321 e. The van der Waals surface area contributed by atoms with E-state index in [1.54, 1.807) is 6.33 Å². The molecule has 0 aliphatic heterocycles. The monoisotopic (exact) mass is 278 g/mol. The third kappa shape index (κ3) is 3.17. The molecule has 0 aliphatic carbocycles. The summed E-state index contributed by atoms with van der Waals surface area (Å²) in [6, 6.07) is 20.3. The van der Waals surface area contributed by atoms with Crippen molar-refractivity contribution in [1.29, 1.82) is 0 Å². The van der Waals surface area contributed by atoms with Crippen molar-refractivity contribution in [2.45, 2.75) is 18.9 Å². The Hall–Kier alpha value is -2.46. The van der Waals surface area contributed by atoms with E-state index in [9.17, 15) is 0 Å². The van der Waals surface area contributed by atoms with E-state index >= 15 is 0 Å². The average molecular weight is 278 g/mol. The molecule has 0 saturated carbocycles. The SMILES string of the molecule is NC(CCc1ccccc1)c1nncn1-c1ccccc1. The lowest BCUT2D eigenvalue weighted by molar-refractivity contribution is 0.600. The third-order valence-electron chi connectivity index (χ3n) is 3.53. The van der Waals surface area contributed by atoms with Gasteiger partial charge in [-0.25, -0.2) is 0 Å². The molecule has 3 aromatic rings. The van der Waals surface area contributed by atoms with Gasteiger partial charge in [-0.1, -0.05) is 48.5 Å². The summed E-state index contributed by atoms with van der Waals surface area (Å²) >= 11 is 0. The van der Waals surface area contributed by atoms with Crippen LogP contribution in [0.4, 0.5) is 0 Å². The number of hydrogen-bond acceptors (Lipinski definition) is 3. The fourth-order valence-corrected chi connectivity index (χ4v) is 2.38. The molecule has 3 rings (SSSR count). The first-order valence-electron chi connectivity index (χ1n) is 7.09. The first kappa shape index (κ1) is 13.5. The quantitative estimate of drug-likeness (QED) is 0.780. The molecule has 0 fully saturated rings. The van der Waals surface area contributed by atoms with Crippen molar-refractivity contribution in [3.63, 3.8) is 0 Å².